The maximum absolute atomic E-state index is 9.53. The zero-order valence-electron chi connectivity index (χ0n) is 6.77. The Morgan fingerprint density at radius 2 is 1.91 bits per heavy atom. The van der Waals surface area contributed by atoms with Crippen molar-refractivity contribution in [3.05, 3.63) is 0 Å². The first-order valence-corrected chi connectivity index (χ1v) is 4.26. The molecule has 2 bridgehead atoms. The van der Waals surface area contributed by atoms with Gasteiger partial charge in [-0.2, -0.15) is 0 Å². The van der Waals surface area contributed by atoms with Gasteiger partial charge in [0.2, 0.25) is 0 Å². The van der Waals surface area contributed by atoms with E-state index >= 15 is 0 Å². The van der Waals surface area contributed by atoms with Crippen molar-refractivity contribution in [1.82, 2.24) is 4.90 Å². The molecule has 64 valence electrons. The molecule has 2 aliphatic rings. The van der Waals surface area contributed by atoms with E-state index in [0.29, 0.717) is 6.04 Å². The minimum Gasteiger partial charge on any atom is -0.393 e. The van der Waals surface area contributed by atoms with Crippen LogP contribution in [0.3, 0.4) is 0 Å². The fourth-order valence-electron chi connectivity index (χ4n) is 2.42. The lowest BCUT2D eigenvalue weighted by molar-refractivity contribution is 0.0282. The Morgan fingerprint density at radius 3 is 2.55 bits per heavy atom. The lowest BCUT2D eigenvalue weighted by Gasteiger charge is -2.34. The van der Waals surface area contributed by atoms with Gasteiger partial charge in [-0.1, -0.05) is 0 Å². The second-order valence-electron chi connectivity index (χ2n) is 3.81. The first kappa shape index (κ1) is 7.53. The Labute approximate surface area is 66.6 Å². The van der Waals surface area contributed by atoms with Gasteiger partial charge in [-0.25, -0.2) is 0 Å². The van der Waals surface area contributed by atoms with E-state index in [2.05, 4.69) is 4.90 Å². The number of fused-ring (bicyclic) bond motifs is 2. The smallest absolute Gasteiger partial charge is 0.0711 e. The molecule has 4 atom stereocenters. The largest absolute Gasteiger partial charge is 0.393 e. The summed E-state index contributed by atoms with van der Waals surface area (Å²) in [6.45, 7) is 0. The van der Waals surface area contributed by atoms with Gasteiger partial charge in [0.15, 0.2) is 0 Å². The maximum atomic E-state index is 9.53. The summed E-state index contributed by atoms with van der Waals surface area (Å²) in [4.78, 5) is 2.21. The molecule has 0 amide bonds. The molecule has 3 nitrogen and oxygen atoms in total. The molecule has 0 aliphatic carbocycles. The fourth-order valence-corrected chi connectivity index (χ4v) is 2.42. The topological polar surface area (TPSA) is 43.7 Å². The highest BCUT2D eigenvalue weighted by atomic mass is 16.3. The summed E-state index contributed by atoms with van der Waals surface area (Å²) in [7, 11) is 2.04. The molecule has 2 fully saturated rings. The van der Waals surface area contributed by atoms with Crippen LogP contribution in [-0.2, 0) is 0 Å². The van der Waals surface area contributed by atoms with Crippen LogP contribution in [0.4, 0.5) is 0 Å². The van der Waals surface area contributed by atoms with Crippen LogP contribution < -0.4 is 0 Å². The fraction of sp³-hybridized carbons (Fsp3) is 1.00. The highest BCUT2D eigenvalue weighted by Gasteiger charge is 2.43. The normalized spacial score (nSPS) is 51.5. The quantitative estimate of drug-likeness (QED) is 0.501. The van der Waals surface area contributed by atoms with Gasteiger partial charge in [0, 0.05) is 12.1 Å². The summed E-state index contributed by atoms with van der Waals surface area (Å²) in [6.07, 6.45) is 2.04. The third kappa shape index (κ3) is 1.08. The average Bonchev–Trinajstić information content (AvgIpc) is 2.17. The zero-order chi connectivity index (χ0) is 8.01. The number of piperidine rings is 1. The number of hydrogen-bond donors (Lipinski definition) is 2. The lowest BCUT2D eigenvalue weighted by atomic mass is 10.0. The van der Waals surface area contributed by atoms with Crippen molar-refractivity contribution in [2.45, 2.75) is 43.6 Å². The van der Waals surface area contributed by atoms with Gasteiger partial charge in [0.25, 0.3) is 0 Å². The third-order valence-corrected chi connectivity index (χ3v) is 3.11. The van der Waals surface area contributed by atoms with Crippen molar-refractivity contribution < 1.29 is 10.2 Å². The SMILES string of the molecule is CN1[C@@H]2C[C@H](O)C[C@@H]1[C@@H](O)C2. The highest BCUT2D eigenvalue weighted by molar-refractivity contribution is 4.98. The van der Waals surface area contributed by atoms with E-state index in [9.17, 15) is 10.2 Å². The molecule has 0 spiro atoms. The Morgan fingerprint density at radius 1 is 1.18 bits per heavy atom. The molecule has 0 aromatic rings. The molecular weight excluding hydrogens is 142 g/mol. The van der Waals surface area contributed by atoms with Crippen LogP contribution >= 0.6 is 0 Å². The molecule has 11 heavy (non-hydrogen) atoms. The standard InChI is InChI=1S/C8H15NO2/c1-9-5-2-6(10)4-7(9)8(11)3-5/h5-8,10-11H,2-4H2,1H3/t5-,6+,7-,8+/m1/s1. The van der Waals surface area contributed by atoms with E-state index in [1.807, 2.05) is 7.05 Å². The second-order valence-corrected chi connectivity index (χ2v) is 3.81. The van der Waals surface area contributed by atoms with Crippen molar-refractivity contribution in [2.75, 3.05) is 7.05 Å². The Kier molecular flexibility index (Phi) is 1.67. The van der Waals surface area contributed by atoms with Crippen molar-refractivity contribution >= 4 is 0 Å². The average molecular weight is 157 g/mol. The molecular formula is C8H15NO2. The number of aliphatic hydroxyl groups excluding tert-OH is 2. The summed E-state index contributed by atoms with van der Waals surface area (Å²) in [5.41, 5.74) is 0. The Hall–Kier alpha value is -0.120. The van der Waals surface area contributed by atoms with Crippen molar-refractivity contribution in [2.24, 2.45) is 0 Å². The van der Waals surface area contributed by atoms with Gasteiger partial charge in [-0.3, -0.25) is 4.90 Å². The zero-order valence-corrected chi connectivity index (χ0v) is 6.77. The summed E-state index contributed by atoms with van der Waals surface area (Å²) in [5.74, 6) is 0. The maximum Gasteiger partial charge on any atom is 0.0711 e. The molecule has 2 heterocycles. The molecule has 0 saturated carbocycles. The highest BCUT2D eigenvalue weighted by Crippen LogP contribution is 2.34. The van der Waals surface area contributed by atoms with Crippen LogP contribution in [0.2, 0.25) is 0 Å². The number of aliphatic hydroxyl groups is 2. The molecule has 2 saturated heterocycles. The molecule has 0 aromatic heterocycles. The number of likely N-dealkylation sites (N-methyl/N-ethyl adjacent to an activating group) is 1. The first-order valence-electron chi connectivity index (χ1n) is 4.26. The first-order chi connectivity index (χ1) is 5.18. The van der Waals surface area contributed by atoms with E-state index in [0.717, 1.165) is 19.3 Å². The predicted molar refractivity (Wildman–Crippen MR) is 41.2 cm³/mol. The molecule has 2 rings (SSSR count). The van der Waals surface area contributed by atoms with Gasteiger partial charge in [0.05, 0.1) is 12.2 Å². The summed E-state index contributed by atoms with van der Waals surface area (Å²) >= 11 is 0. The van der Waals surface area contributed by atoms with Gasteiger partial charge in [-0.05, 0) is 26.3 Å². The van der Waals surface area contributed by atoms with Gasteiger partial charge in [0.1, 0.15) is 0 Å². The Balaban J connectivity index is 2.14. The van der Waals surface area contributed by atoms with E-state index in [-0.39, 0.29) is 18.2 Å². The monoisotopic (exact) mass is 157 g/mol. The van der Waals surface area contributed by atoms with Crippen LogP contribution in [-0.4, -0.2) is 46.5 Å². The van der Waals surface area contributed by atoms with Crippen LogP contribution in [0.25, 0.3) is 0 Å². The van der Waals surface area contributed by atoms with Crippen LogP contribution in [0.5, 0.6) is 0 Å². The van der Waals surface area contributed by atoms with Crippen molar-refractivity contribution in [3.63, 3.8) is 0 Å². The second kappa shape index (κ2) is 2.44. The van der Waals surface area contributed by atoms with E-state index in [1.165, 1.54) is 0 Å². The number of nitrogens with zero attached hydrogens (tertiary/aromatic N) is 1. The minimum absolute atomic E-state index is 0.182. The van der Waals surface area contributed by atoms with Crippen LogP contribution in [0.15, 0.2) is 0 Å². The van der Waals surface area contributed by atoms with E-state index in [1.54, 1.807) is 0 Å². The molecule has 0 aromatic carbocycles. The number of rotatable bonds is 0. The van der Waals surface area contributed by atoms with Gasteiger partial charge in [-0.15, -0.1) is 0 Å². The summed E-state index contributed by atoms with van der Waals surface area (Å²) in [5, 5.41) is 18.9. The summed E-state index contributed by atoms with van der Waals surface area (Å²) < 4.78 is 0. The van der Waals surface area contributed by atoms with E-state index < -0.39 is 0 Å². The van der Waals surface area contributed by atoms with Gasteiger partial charge < -0.3 is 10.2 Å². The number of hydrogen-bond acceptors (Lipinski definition) is 3. The molecule has 2 N–H and O–H groups in total. The third-order valence-electron chi connectivity index (χ3n) is 3.11. The van der Waals surface area contributed by atoms with Crippen LogP contribution in [0, 0.1) is 0 Å². The minimum atomic E-state index is -0.206. The van der Waals surface area contributed by atoms with Gasteiger partial charge >= 0.3 is 0 Å². The molecule has 2 aliphatic heterocycles. The molecule has 3 heteroatoms. The van der Waals surface area contributed by atoms with Crippen LogP contribution in [0.1, 0.15) is 19.3 Å². The predicted octanol–water partition coefficient (Wildman–Crippen LogP) is -0.425. The van der Waals surface area contributed by atoms with Crippen molar-refractivity contribution in [1.29, 1.82) is 0 Å². The summed E-state index contributed by atoms with van der Waals surface area (Å²) in [6, 6.07) is 0.627. The molecule has 0 unspecified atom stereocenters. The lowest BCUT2D eigenvalue weighted by Crippen LogP contribution is -2.44. The van der Waals surface area contributed by atoms with Crippen molar-refractivity contribution in [3.8, 4) is 0 Å². The molecule has 0 radical (unpaired) electrons. The van der Waals surface area contributed by atoms with E-state index in [4.69, 9.17) is 0 Å². The Bertz CT molecular complexity index is 160.